The van der Waals surface area contributed by atoms with Gasteiger partial charge in [0.2, 0.25) is 17.7 Å². The first-order chi connectivity index (χ1) is 28.0. The van der Waals surface area contributed by atoms with Crippen LogP contribution in [0, 0.1) is 11.6 Å². The van der Waals surface area contributed by atoms with Gasteiger partial charge in [0.15, 0.2) is 18.2 Å². The molecule has 11 nitrogen and oxygen atoms in total. The number of fused-ring (bicyclic) bond motifs is 16. The predicted octanol–water partition coefficient (Wildman–Crippen LogP) is 4.71. The molecule has 4 unspecified atom stereocenters. The van der Waals surface area contributed by atoms with Crippen molar-refractivity contribution in [2.45, 2.75) is 56.3 Å². The molecule has 0 saturated carbocycles. The van der Waals surface area contributed by atoms with Crippen molar-refractivity contribution >= 4 is 29.6 Å². The van der Waals surface area contributed by atoms with Crippen LogP contribution in [0.1, 0.15) is 28.7 Å². The Morgan fingerprint density at radius 2 is 1.17 bits per heavy atom. The van der Waals surface area contributed by atoms with E-state index in [0.717, 1.165) is 28.8 Å². The first-order valence-corrected chi connectivity index (χ1v) is 18.8. The third-order valence-electron chi connectivity index (χ3n) is 9.75. The molecule has 5 aromatic rings. The summed E-state index contributed by atoms with van der Waals surface area (Å²) in [6, 6.07) is 30.3. The highest BCUT2D eigenvalue weighted by atomic mass is 19.2. The van der Waals surface area contributed by atoms with Crippen LogP contribution in [-0.4, -0.2) is 65.5 Å². The summed E-state index contributed by atoms with van der Waals surface area (Å²) >= 11 is 0. The second kappa shape index (κ2) is 19.3. The number of amides is 4. The second-order valence-electron chi connectivity index (χ2n) is 14.0. The molecule has 0 fully saturated rings. The Hall–Kier alpha value is -6.89. The zero-order valence-electron chi connectivity index (χ0n) is 31.3. The lowest BCUT2D eigenvalue weighted by Crippen LogP contribution is -2.59. The zero-order valence-corrected chi connectivity index (χ0v) is 31.3. The van der Waals surface area contributed by atoms with Gasteiger partial charge < -0.3 is 31.1 Å². The van der Waals surface area contributed by atoms with E-state index in [1.54, 1.807) is 24.3 Å². The van der Waals surface area contributed by atoms with Gasteiger partial charge in [-0.1, -0.05) is 103 Å². The quantitative estimate of drug-likeness (QED) is 0.135. The van der Waals surface area contributed by atoms with Gasteiger partial charge in [-0.2, -0.15) is 0 Å². The highest BCUT2D eigenvalue weighted by Gasteiger charge is 2.32. The van der Waals surface area contributed by atoms with E-state index in [9.17, 15) is 37.9 Å². The van der Waals surface area contributed by atoms with Crippen molar-refractivity contribution in [2.75, 3.05) is 6.61 Å². The molecule has 0 saturated heterocycles. The number of carboxylic acids is 1. The van der Waals surface area contributed by atoms with E-state index in [1.165, 1.54) is 18.2 Å². The lowest BCUT2D eigenvalue weighted by atomic mass is 9.98. The van der Waals surface area contributed by atoms with Crippen molar-refractivity contribution in [1.82, 2.24) is 21.3 Å². The molecule has 0 radical (unpaired) electrons. The monoisotopic (exact) mass is 788 g/mol. The molecule has 2 aliphatic heterocycles. The van der Waals surface area contributed by atoms with Crippen molar-refractivity contribution in [3.63, 3.8) is 0 Å². The van der Waals surface area contributed by atoms with Crippen LogP contribution < -0.4 is 26.0 Å². The number of nitrogens with one attached hydrogen (secondary N) is 4. The maximum Gasteiger partial charge on any atom is 0.326 e. The van der Waals surface area contributed by atoms with E-state index in [4.69, 9.17) is 4.74 Å². The highest BCUT2D eigenvalue weighted by molar-refractivity contribution is 5.95. The Bertz CT molecular complexity index is 2220. The summed E-state index contributed by atoms with van der Waals surface area (Å²) in [5.41, 5.74) is 4.14. The molecular formula is C45H42F2N4O7. The summed E-state index contributed by atoms with van der Waals surface area (Å²) in [7, 11) is 0. The molecule has 0 spiro atoms. The molecule has 7 rings (SSSR count). The normalized spacial score (nSPS) is 19.3. The first kappa shape index (κ1) is 40.8. The van der Waals surface area contributed by atoms with E-state index in [2.05, 4.69) is 21.3 Å². The van der Waals surface area contributed by atoms with Crippen LogP contribution in [0.15, 0.2) is 127 Å². The Balaban J connectivity index is 1.35. The van der Waals surface area contributed by atoms with Crippen LogP contribution in [-0.2, 0) is 49.7 Å². The zero-order chi connectivity index (χ0) is 41.0. The molecule has 13 heteroatoms. The Morgan fingerprint density at radius 3 is 1.83 bits per heavy atom. The summed E-state index contributed by atoms with van der Waals surface area (Å²) in [6.45, 7) is -0.532. The number of carbonyl (C=O) groups excluding carboxylic acids is 4. The van der Waals surface area contributed by atoms with Crippen molar-refractivity contribution < 1.29 is 42.6 Å². The Labute approximate surface area is 333 Å². The second-order valence-corrected chi connectivity index (χ2v) is 14.0. The number of carbonyl (C=O) groups is 5. The number of halogens is 2. The van der Waals surface area contributed by atoms with E-state index >= 15 is 0 Å². The summed E-state index contributed by atoms with van der Waals surface area (Å²) in [4.78, 5) is 68.1. The van der Waals surface area contributed by atoms with Gasteiger partial charge in [-0.15, -0.1) is 0 Å². The molecule has 5 N–H and O–H groups in total. The number of aliphatic carboxylic acids is 1. The smallest absolute Gasteiger partial charge is 0.326 e. The number of hydrogen-bond donors (Lipinski definition) is 5. The number of aryl methyl sites for hydroxylation is 1. The van der Waals surface area contributed by atoms with Gasteiger partial charge in [0, 0.05) is 19.3 Å². The molecule has 0 aliphatic carbocycles. The fraction of sp³-hybridized carbons (Fsp3) is 0.222. The third-order valence-corrected chi connectivity index (χ3v) is 9.75. The van der Waals surface area contributed by atoms with Crippen molar-refractivity contribution in [2.24, 2.45) is 0 Å². The minimum Gasteiger partial charge on any atom is -0.484 e. The summed E-state index contributed by atoms with van der Waals surface area (Å²) < 4.78 is 33.8. The highest BCUT2D eigenvalue weighted by Crippen LogP contribution is 2.21. The maximum absolute atomic E-state index is 14.3. The maximum atomic E-state index is 14.3. The topological polar surface area (TPSA) is 163 Å². The average Bonchev–Trinajstić information content (AvgIpc) is 3.23. The summed E-state index contributed by atoms with van der Waals surface area (Å²) in [5, 5.41) is 20.8. The number of ether oxygens (including phenoxy) is 1. The Morgan fingerprint density at radius 1 is 0.603 bits per heavy atom. The number of carboxylic acid groups (broad SMARTS) is 1. The van der Waals surface area contributed by atoms with Crippen LogP contribution >= 0.6 is 0 Å². The van der Waals surface area contributed by atoms with Crippen LogP contribution in [0.25, 0.3) is 11.1 Å². The van der Waals surface area contributed by atoms with Gasteiger partial charge in [0.1, 0.15) is 29.9 Å². The minimum absolute atomic E-state index is 0.0552. The largest absolute Gasteiger partial charge is 0.484 e. The predicted molar refractivity (Wildman–Crippen MR) is 211 cm³/mol. The van der Waals surface area contributed by atoms with Crippen LogP contribution in [0.3, 0.4) is 0 Å². The van der Waals surface area contributed by atoms with E-state index < -0.39 is 72.0 Å². The molecule has 0 aromatic heterocycles. The van der Waals surface area contributed by atoms with Gasteiger partial charge in [0.05, 0.1) is 0 Å². The molecule has 4 amide bonds. The molecular weight excluding hydrogens is 747 g/mol. The van der Waals surface area contributed by atoms with E-state index in [-0.39, 0.29) is 37.0 Å². The van der Waals surface area contributed by atoms with Crippen LogP contribution in [0.5, 0.6) is 5.75 Å². The summed E-state index contributed by atoms with van der Waals surface area (Å²) in [6.07, 6.45) is 0.00700. The molecule has 4 atom stereocenters. The third kappa shape index (κ3) is 11.3. The molecule has 2 bridgehead atoms. The molecule has 5 aromatic carbocycles. The molecule has 2 aliphatic rings. The van der Waals surface area contributed by atoms with Gasteiger partial charge in [-0.05, 0) is 70.5 Å². The lowest BCUT2D eigenvalue weighted by Gasteiger charge is -2.26. The SMILES string of the molecule is O=C1COc2ccc(cc2)CC(C(=O)O)NC(=O)C(CCc2ccccc2)NC(=O)C(Cc2ccc(-c3ccccc3)cc2)NC(=O)C(Cc2ccc(F)c(F)c2)N1. The van der Waals surface area contributed by atoms with Crippen molar-refractivity contribution in [3.05, 3.63) is 161 Å². The lowest BCUT2D eigenvalue weighted by molar-refractivity contribution is -0.142. The van der Waals surface area contributed by atoms with Gasteiger partial charge in [-0.3, -0.25) is 19.2 Å². The van der Waals surface area contributed by atoms with E-state index in [1.807, 2.05) is 72.8 Å². The van der Waals surface area contributed by atoms with E-state index in [0.29, 0.717) is 17.5 Å². The fourth-order valence-corrected chi connectivity index (χ4v) is 6.60. The standard InChI is InChI=1S/C45H42F2N4O7/c46-35-21-15-31(23-36(35)47)26-38-43(54)50-39(24-29-11-17-33(18-12-29)32-9-5-2-6-10-32)44(55)49-37(22-16-28-7-3-1-4-8-28)42(53)51-40(45(56)57)25-30-13-19-34(20-14-30)58-27-41(52)48-38/h1-15,17-21,23,37-40H,16,22,24-27H2,(H,48,52)(H,49,55)(H,50,54)(H,51,53)(H,56,57). The van der Waals surface area contributed by atoms with Crippen LogP contribution in [0.2, 0.25) is 0 Å². The number of benzene rings is 5. The molecule has 2 heterocycles. The molecule has 58 heavy (non-hydrogen) atoms. The number of hydrogen-bond acceptors (Lipinski definition) is 6. The minimum atomic E-state index is -1.38. The summed E-state index contributed by atoms with van der Waals surface area (Å²) in [5.74, 6) is -6.29. The average molecular weight is 789 g/mol. The van der Waals surface area contributed by atoms with Gasteiger partial charge >= 0.3 is 5.97 Å². The van der Waals surface area contributed by atoms with Gasteiger partial charge in [-0.25, -0.2) is 13.6 Å². The molecule has 298 valence electrons. The fourth-order valence-electron chi connectivity index (χ4n) is 6.60. The van der Waals surface area contributed by atoms with Crippen molar-refractivity contribution in [1.29, 1.82) is 0 Å². The Kier molecular flexibility index (Phi) is 13.6. The van der Waals surface area contributed by atoms with Crippen LogP contribution in [0.4, 0.5) is 8.78 Å². The number of rotatable bonds is 9. The van der Waals surface area contributed by atoms with Crippen molar-refractivity contribution in [3.8, 4) is 16.9 Å². The first-order valence-electron chi connectivity index (χ1n) is 18.8. The van der Waals surface area contributed by atoms with Gasteiger partial charge in [0.25, 0.3) is 5.91 Å².